The molecule has 6 aromatic rings. The van der Waals surface area contributed by atoms with Gasteiger partial charge in [-0.25, -0.2) is 73.9 Å². The molecule has 1 fully saturated rings. The van der Waals surface area contributed by atoms with Crippen LogP contribution < -0.4 is 0 Å². The highest BCUT2D eigenvalue weighted by Gasteiger charge is 2.30. The first kappa shape index (κ1) is 83.5. The molecule has 7 heterocycles. The van der Waals surface area contributed by atoms with Crippen LogP contribution in [0.5, 0.6) is 0 Å². The zero-order chi connectivity index (χ0) is 71.1. The topological polar surface area (TPSA) is 377 Å². The van der Waals surface area contributed by atoms with Gasteiger partial charge in [0.1, 0.15) is 17.5 Å². The molecule has 91 heavy (non-hydrogen) atoms. The minimum Gasteiger partial charge on any atom is -0.388 e. The quantitative estimate of drug-likeness (QED) is 0.134. The summed E-state index contributed by atoms with van der Waals surface area (Å²) in [5.74, 6) is 0.215. The van der Waals surface area contributed by atoms with Gasteiger partial charge in [-0.05, 0) is 142 Å². The summed E-state index contributed by atoms with van der Waals surface area (Å²) in [5, 5.41) is 14.9. The number of aromatic nitrogens is 11. The average molecular weight is 1420 g/mol. The monoisotopic (exact) mass is 1420 g/mol. The number of nitrogens with zero attached hydrogens (tertiary/aromatic N) is 13. The van der Waals surface area contributed by atoms with Crippen LogP contribution in [-0.2, 0) is 111 Å². The van der Waals surface area contributed by atoms with Gasteiger partial charge >= 0.3 is 0 Å². The third kappa shape index (κ3) is 21.8. The second kappa shape index (κ2) is 34.1. The van der Waals surface area contributed by atoms with E-state index >= 15 is 0 Å². The first-order valence-electron chi connectivity index (χ1n) is 28.7. The van der Waals surface area contributed by atoms with E-state index in [9.17, 15) is 63.7 Å². The maximum Gasteiger partial charge on any atom is 0.227 e. The van der Waals surface area contributed by atoms with Crippen LogP contribution >= 0.6 is 0 Å². The van der Waals surface area contributed by atoms with E-state index in [1.807, 2.05) is 7.05 Å². The second-order valence-corrected chi connectivity index (χ2v) is 40.0. The van der Waals surface area contributed by atoms with Gasteiger partial charge in [0.2, 0.25) is 45.8 Å². The Morgan fingerprint density at radius 1 is 0.462 bits per heavy atom. The summed E-state index contributed by atoms with van der Waals surface area (Å²) < 4.78 is 173. The number of likely N-dealkylation sites (N-methyl/N-ethyl adjacent to an activating group) is 1. The molecule has 36 heteroatoms. The Bertz CT molecular complexity index is 3930. The van der Waals surface area contributed by atoms with Crippen molar-refractivity contribution in [1.29, 1.82) is 0 Å². The number of sulfonamides is 1. The summed E-state index contributed by atoms with van der Waals surface area (Å²) in [5.41, 5.74) is 0.920. The van der Waals surface area contributed by atoms with Crippen molar-refractivity contribution in [2.24, 2.45) is 42.3 Å². The van der Waals surface area contributed by atoms with Crippen molar-refractivity contribution in [2.45, 2.75) is 178 Å². The number of imidazole rings is 3. The average Bonchev–Trinajstić information content (AvgIpc) is 1.77. The van der Waals surface area contributed by atoms with Gasteiger partial charge in [-0.1, -0.05) is 0 Å². The highest BCUT2D eigenvalue weighted by Crippen LogP contribution is 2.21. The Labute approximate surface area is 540 Å². The molecule has 0 radical (unpaired) electrons. The van der Waals surface area contributed by atoms with Gasteiger partial charge in [0.05, 0.1) is 60.5 Å². The molecule has 7 rings (SSSR count). The first-order valence-corrected chi connectivity index (χ1v) is 39.5. The van der Waals surface area contributed by atoms with Crippen LogP contribution in [0.4, 0.5) is 0 Å². The summed E-state index contributed by atoms with van der Waals surface area (Å²) in [6.45, 7) is 29.0. The summed E-state index contributed by atoms with van der Waals surface area (Å²) in [6, 6.07) is 5.90. The highest BCUT2D eigenvalue weighted by atomic mass is 32.2. The zero-order valence-corrected chi connectivity index (χ0v) is 62.3. The van der Waals surface area contributed by atoms with Gasteiger partial charge in [0.15, 0.2) is 54.4 Å². The van der Waals surface area contributed by atoms with Crippen molar-refractivity contribution in [2.75, 3.05) is 39.8 Å². The van der Waals surface area contributed by atoms with E-state index in [1.165, 1.54) is 73.1 Å². The highest BCUT2D eigenvalue weighted by molar-refractivity contribution is 7.93. The molecule has 0 aromatic carbocycles. The number of hydrogen-bond donors (Lipinski definition) is 1. The molecule has 0 aliphatic carbocycles. The third-order valence-corrected chi connectivity index (χ3v) is 29.2. The molecule has 0 atom stereocenters. The number of sulfone groups is 6. The van der Waals surface area contributed by atoms with E-state index in [-0.39, 0.29) is 31.3 Å². The number of carbonyl (C=O) groups excluding carboxylic acids is 1. The Morgan fingerprint density at radius 2 is 0.857 bits per heavy atom. The molecule has 1 N–H and O–H groups in total. The number of hydrogen-bond acceptors (Lipinski definition) is 22. The van der Waals surface area contributed by atoms with Crippen molar-refractivity contribution >= 4 is 74.8 Å². The lowest BCUT2D eigenvalue weighted by Crippen LogP contribution is -2.49. The largest absolute Gasteiger partial charge is 0.388 e. The van der Waals surface area contributed by atoms with Gasteiger partial charge in [-0.2, -0.15) is 14.5 Å². The van der Waals surface area contributed by atoms with Gasteiger partial charge in [-0.15, -0.1) is 0 Å². The Hall–Kier alpha value is -5.47. The number of ketones is 1. The number of aliphatic hydroxyl groups is 1. The van der Waals surface area contributed by atoms with E-state index in [4.69, 9.17) is 5.11 Å². The molecule has 6 aromatic heterocycles. The Balaban J connectivity index is 0.000000532. The van der Waals surface area contributed by atoms with E-state index in [0.717, 1.165) is 18.8 Å². The number of carbonyl (C=O) groups is 1. The normalized spacial score (nSPS) is 13.7. The fourth-order valence-electron chi connectivity index (χ4n) is 7.36. The lowest BCUT2D eigenvalue weighted by Gasteiger charge is -2.32. The van der Waals surface area contributed by atoms with E-state index in [1.54, 1.807) is 173 Å². The smallest absolute Gasteiger partial charge is 0.227 e. The molecule has 0 spiro atoms. The van der Waals surface area contributed by atoms with Crippen LogP contribution in [-0.4, -0.2) is 208 Å². The molecule has 1 aliphatic heterocycles. The summed E-state index contributed by atoms with van der Waals surface area (Å²) in [6.07, 6.45) is 9.09. The Morgan fingerprint density at radius 3 is 1.16 bits per heavy atom. The second-order valence-electron chi connectivity index (χ2n) is 22.9. The van der Waals surface area contributed by atoms with Crippen LogP contribution in [0.15, 0.2) is 91.9 Å². The molecular formula is C55H97N13O16S7. The molecule has 1 saturated heterocycles. The number of aryl methyl sites for hydroxylation is 6. The predicted octanol–water partition coefficient (Wildman–Crippen LogP) is 3.98. The summed E-state index contributed by atoms with van der Waals surface area (Å²) in [4.78, 5) is 24.9. The van der Waals surface area contributed by atoms with Crippen LogP contribution in [0.2, 0.25) is 0 Å². The molecule has 0 amide bonds. The molecule has 0 unspecified atom stereocenters. The molecule has 0 saturated carbocycles. The third-order valence-electron chi connectivity index (χ3n) is 13.8. The molecule has 0 bridgehead atoms. The van der Waals surface area contributed by atoms with Crippen molar-refractivity contribution in [3.8, 4) is 0 Å². The van der Waals surface area contributed by atoms with E-state index in [2.05, 4.69) is 30.0 Å². The molecule has 520 valence electrons. The maximum atomic E-state index is 11.9. The van der Waals surface area contributed by atoms with E-state index < -0.39 is 113 Å². The van der Waals surface area contributed by atoms with Crippen molar-refractivity contribution in [1.82, 2.24) is 62.0 Å². The van der Waals surface area contributed by atoms with Gasteiger partial charge in [-0.3, -0.25) is 14.2 Å². The van der Waals surface area contributed by atoms with Crippen molar-refractivity contribution < 1.29 is 68.8 Å². The number of piperazine rings is 1. The molecule has 29 nitrogen and oxygen atoms in total. The number of aliphatic hydroxyl groups excluding tert-OH is 1. The number of rotatable bonds is 16. The SMILES string of the molecule is CC(C)S(=O)(=O)N1CCN(C)CC1.CC(C)S(=O)(=O)c1ccc(C(=O)CO)n1C.CC(C)S(=O)(=O)c1ccnn1C.CC(C)S(=O)(=O)c1nccn1C.CC(C)S(=O)(=O)c1nccn1C.Cc1cc(S(=O)(=O)C(C)C)n(C)n1.Cc1ncc(S(=O)(=O)C(C)C)n1C. The fraction of sp³-hybridized carbons (Fsp3) is 0.636. The van der Waals surface area contributed by atoms with Crippen molar-refractivity contribution in [3.05, 3.63) is 78.7 Å². The summed E-state index contributed by atoms with van der Waals surface area (Å²) in [7, 11) is -10.6. The molecule has 1 aliphatic rings. The Kier molecular flexibility index (Phi) is 31.3. The zero-order valence-electron chi connectivity index (χ0n) is 56.6. The first-order chi connectivity index (χ1) is 41.4. The van der Waals surface area contributed by atoms with Gasteiger partial charge in [0.25, 0.3) is 0 Å². The lowest BCUT2D eigenvalue weighted by atomic mass is 10.3. The predicted molar refractivity (Wildman–Crippen MR) is 349 cm³/mol. The van der Waals surface area contributed by atoms with Crippen LogP contribution in [0.3, 0.4) is 0 Å². The minimum absolute atomic E-state index is 0.0966. The lowest BCUT2D eigenvalue weighted by molar-refractivity contribution is 0.0894. The van der Waals surface area contributed by atoms with Crippen LogP contribution in [0.25, 0.3) is 0 Å². The number of Topliss-reactive ketones (excluding diaryl/α,β-unsaturated/α-hetero) is 1. The van der Waals surface area contributed by atoms with E-state index in [0.29, 0.717) is 29.0 Å². The molecular weight excluding hydrogens is 1320 g/mol. The van der Waals surface area contributed by atoms with Gasteiger partial charge in [0, 0.05) is 93.3 Å². The van der Waals surface area contributed by atoms with Crippen LogP contribution in [0.1, 0.15) is 119 Å². The maximum absolute atomic E-state index is 11.9. The fourth-order valence-corrected chi connectivity index (χ4v) is 15.6. The van der Waals surface area contributed by atoms with Gasteiger partial charge < -0.3 is 28.3 Å². The van der Waals surface area contributed by atoms with Crippen molar-refractivity contribution in [3.63, 3.8) is 0 Å². The minimum atomic E-state index is -3.40. The standard InChI is InChI=1S/C10H15NO4S.C8H18N2O2S.2C8H14N2O2S.3C7H12N2O2S/c1-7(2)16(14,15)10-5-4-8(11(10)3)9(13)6-12;1-8(2)13(11,12)10-6-4-9(3)5-7-10;1-6(2)13(11,12)8-5-9-7(3)10(8)4;1-6(2)13(11,12)8-5-7(3)9-10(8)4;2*1-6(2)12(10,11)7-8-4-5-9(7)3;1-6(2)12(10,11)7-4-5-8-9(7)3/h4-5,7,12H,6H2,1-3H3;8H,4-7H2,1-3H3;2*5-6H,1-4H3;3*4-6H,1-3H3. The van der Waals surface area contributed by atoms with Crippen LogP contribution in [0, 0.1) is 13.8 Å². The summed E-state index contributed by atoms with van der Waals surface area (Å²) >= 11 is 0.